The summed E-state index contributed by atoms with van der Waals surface area (Å²) in [5.41, 5.74) is 12.7. The molecule has 2 aromatic carbocycles. The van der Waals surface area contributed by atoms with Crippen LogP contribution in [0.15, 0.2) is 79.8 Å². The zero-order valence-corrected chi connectivity index (χ0v) is 39.9. The Hall–Kier alpha value is -6.43. The minimum absolute atomic E-state index is 0.00325. The first kappa shape index (κ1) is 51.9. The minimum atomic E-state index is -4.37. The summed E-state index contributed by atoms with van der Waals surface area (Å²) in [6, 6.07) is 12.6. The molecule has 1 aliphatic carbocycles. The van der Waals surface area contributed by atoms with Gasteiger partial charge in [0.1, 0.15) is 24.1 Å². The third kappa shape index (κ3) is 12.6. The predicted octanol–water partition coefficient (Wildman–Crippen LogP) is 5.22. The van der Waals surface area contributed by atoms with Gasteiger partial charge in [0.25, 0.3) is 0 Å². The van der Waals surface area contributed by atoms with Crippen molar-refractivity contribution < 1.29 is 46.1 Å². The second-order valence-corrected chi connectivity index (χ2v) is 19.3. The van der Waals surface area contributed by atoms with Gasteiger partial charge in [0, 0.05) is 69.4 Å². The molecule has 0 unspecified atom stereocenters. The van der Waals surface area contributed by atoms with Crippen LogP contribution in [0.1, 0.15) is 61.8 Å². The highest BCUT2D eigenvalue weighted by Crippen LogP contribution is 2.37. The van der Waals surface area contributed by atoms with Crippen molar-refractivity contribution in [3.8, 4) is 0 Å². The average molecular weight is 1010 g/mol. The van der Waals surface area contributed by atoms with Gasteiger partial charge in [-0.3, -0.25) is 19.4 Å². The zero-order valence-electron chi connectivity index (χ0n) is 39.9. The number of hydrogen-bond donors (Lipinski definition) is 4. The van der Waals surface area contributed by atoms with Crippen molar-refractivity contribution >= 4 is 45.6 Å². The number of piperidine rings is 2. The standard InChI is InChI=1S/C25H31F3N6O2.C24H28F3N7O2/c1-16(2)34(11-17-3-5-19(6-4-17)25(26,27)28)24-20-8-10-33(23(20)30-15-31-24)12-18-7-9-32(13-21(18)35)14-22(29)36;25-24(26,27)17-3-1-15(2-4-17)9-34(18-5-6-18)23-21-22(29-13-30-23)33(14-31-21)10-16-7-8-32(11-19(16)35)12-20(28)36/h3-6,8,10,15-16,18,21,35H,7,9,11-14H2,1-2H3,(H2,29,36);1-4,13-14,16,18-19,35H,5-12H2,(H2,28,36)/t18-,21+;16-,19+/m11/s1. The normalized spacial score (nSPS) is 20.2. The Labute approximate surface area is 411 Å². The Morgan fingerprint density at radius 1 is 0.667 bits per heavy atom. The third-order valence-corrected chi connectivity index (χ3v) is 13.6. The summed E-state index contributed by atoms with van der Waals surface area (Å²) in [6.45, 7) is 8.27. The van der Waals surface area contributed by atoms with Gasteiger partial charge in [-0.2, -0.15) is 26.3 Å². The van der Waals surface area contributed by atoms with Crippen molar-refractivity contribution in [1.82, 2.24) is 43.9 Å². The van der Waals surface area contributed by atoms with Crippen molar-refractivity contribution in [2.45, 2.75) is 102 Å². The molecule has 9 rings (SSSR count). The van der Waals surface area contributed by atoms with Gasteiger partial charge in [0.05, 0.1) is 48.1 Å². The molecule has 2 saturated heterocycles. The fraction of sp³-hybridized carbons (Fsp3) is 0.490. The topological polar surface area (TPSA) is 214 Å². The van der Waals surface area contributed by atoms with Crippen LogP contribution in [0.25, 0.3) is 22.2 Å². The number of amides is 2. The quantitative estimate of drug-likeness (QED) is 0.0918. The molecule has 2 amide bonds. The molecule has 4 atom stereocenters. The maximum absolute atomic E-state index is 12.9. The summed E-state index contributed by atoms with van der Waals surface area (Å²) in [4.78, 5) is 52.7. The number of carbonyl (C=O) groups excluding carboxylic acids is 2. The number of fused-ring (bicyclic) bond motifs is 2. The monoisotopic (exact) mass is 1010 g/mol. The number of likely N-dealkylation sites (tertiary alicyclic amines) is 2. The first-order valence-corrected chi connectivity index (χ1v) is 23.9. The molecular formula is C49H59F6N13O4. The molecule has 3 fully saturated rings. The fourth-order valence-corrected chi connectivity index (χ4v) is 9.59. The molecule has 3 aliphatic rings. The molecule has 6 heterocycles. The number of carbonyl (C=O) groups is 2. The Morgan fingerprint density at radius 3 is 1.65 bits per heavy atom. The minimum Gasteiger partial charge on any atom is -0.391 e. The van der Waals surface area contributed by atoms with E-state index in [-0.39, 0.29) is 37.0 Å². The largest absolute Gasteiger partial charge is 0.416 e. The van der Waals surface area contributed by atoms with Crippen molar-refractivity contribution in [2.75, 3.05) is 49.1 Å². The number of nitrogens with two attached hydrogens (primary N) is 2. The molecule has 17 nitrogen and oxygen atoms in total. The molecule has 0 radical (unpaired) electrons. The smallest absolute Gasteiger partial charge is 0.391 e. The van der Waals surface area contributed by atoms with Gasteiger partial charge in [-0.15, -0.1) is 0 Å². The Kier molecular flexibility index (Phi) is 15.7. The van der Waals surface area contributed by atoms with Crippen LogP contribution in [0.3, 0.4) is 0 Å². The van der Waals surface area contributed by atoms with Gasteiger partial charge in [-0.05, 0) is 94.1 Å². The summed E-state index contributed by atoms with van der Waals surface area (Å²) in [5, 5.41) is 22.1. The second-order valence-electron chi connectivity index (χ2n) is 19.3. The third-order valence-electron chi connectivity index (χ3n) is 13.6. The Morgan fingerprint density at radius 2 is 1.17 bits per heavy atom. The van der Waals surface area contributed by atoms with Crippen molar-refractivity contribution in [1.29, 1.82) is 0 Å². The highest BCUT2D eigenvalue weighted by molar-refractivity contribution is 5.88. The molecule has 2 aliphatic heterocycles. The van der Waals surface area contributed by atoms with Crippen molar-refractivity contribution in [3.63, 3.8) is 0 Å². The summed E-state index contributed by atoms with van der Waals surface area (Å²) in [7, 11) is 0. The van der Waals surface area contributed by atoms with Crippen molar-refractivity contribution in [3.05, 3.63) is 102 Å². The van der Waals surface area contributed by atoms with E-state index in [1.807, 2.05) is 49.9 Å². The number of halogens is 6. The lowest BCUT2D eigenvalue weighted by Gasteiger charge is -2.35. The maximum atomic E-state index is 12.9. The molecule has 6 aromatic rings. The molecule has 6 N–H and O–H groups in total. The number of nitrogens with zero attached hydrogens (tertiary/aromatic N) is 11. The molecule has 72 heavy (non-hydrogen) atoms. The predicted molar refractivity (Wildman–Crippen MR) is 256 cm³/mol. The number of anilines is 2. The molecule has 4 aromatic heterocycles. The summed E-state index contributed by atoms with van der Waals surface area (Å²) in [6.07, 6.45) is 0.0000995. The van der Waals surface area contributed by atoms with Crippen LogP contribution >= 0.6 is 0 Å². The summed E-state index contributed by atoms with van der Waals surface area (Å²) >= 11 is 0. The van der Waals surface area contributed by atoms with Crippen LogP contribution in [0, 0.1) is 11.8 Å². The van der Waals surface area contributed by atoms with Crippen molar-refractivity contribution in [2.24, 2.45) is 23.3 Å². The van der Waals surface area contributed by atoms with Gasteiger partial charge in [0.2, 0.25) is 11.8 Å². The van der Waals surface area contributed by atoms with E-state index in [2.05, 4.69) is 29.8 Å². The SMILES string of the molecule is CC(C)N(Cc1ccc(C(F)(F)F)cc1)c1ncnc2c1ccn2C[C@H]1CCN(CC(N)=O)C[C@@H]1O.NC(=O)CN1CC[C@H](Cn2cnc3c(N(Cc4ccc(C(F)(F)F)cc4)C4CC4)ncnc32)[C@@H](O)C1. The number of aromatic nitrogens is 7. The van der Waals surface area contributed by atoms with Crippen LogP contribution in [-0.4, -0.2) is 129 Å². The number of aliphatic hydroxyl groups excluding tert-OH is 2. The lowest BCUT2D eigenvalue weighted by molar-refractivity contribution is -0.138. The lowest BCUT2D eigenvalue weighted by Crippen LogP contribution is -2.47. The number of alkyl halides is 6. The number of aliphatic hydroxyl groups is 2. The molecule has 23 heteroatoms. The van der Waals surface area contributed by atoms with Gasteiger partial charge in [0.15, 0.2) is 17.0 Å². The van der Waals surface area contributed by atoms with Crippen LogP contribution in [-0.2, 0) is 48.1 Å². The van der Waals surface area contributed by atoms with E-state index >= 15 is 0 Å². The summed E-state index contributed by atoms with van der Waals surface area (Å²) in [5.74, 6) is 0.492. The van der Waals surface area contributed by atoms with Gasteiger partial charge < -0.3 is 40.6 Å². The van der Waals surface area contributed by atoms with E-state index in [1.165, 1.54) is 36.9 Å². The number of rotatable bonds is 16. The van der Waals surface area contributed by atoms with Gasteiger partial charge in [-0.25, -0.2) is 24.9 Å². The van der Waals surface area contributed by atoms with Crippen LogP contribution in [0.2, 0.25) is 0 Å². The van der Waals surface area contributed by atoms with Crippen LogP contribution in [0.4, 0.5) is 38.0 Å². The maximum Gasteiger partial charge on any atom is 0.416 e. The average Bonchev–Trinajstić information content (AvgIpc) is 3.96. The zero-order chi connectivity index (χ0) is 51.5. The number of hydrogen-bond acceptors (Lipinski definition) is 13. The van der Waals surface area contributed by atoms with Gasteiger partial charge >= 0.3 is 12.4 Å². The molecular weight excluding hydrogens is 949 g/mol. The van der Waals surface area contributed by atoms with E-state index < -0.39 is 47.5 Å². The highest BCUT2D eigenvalue weighted by Gasteiger charge is 2.35. The number of β-amino-alcohol motifs (C(OH)–C–C–N with tert-alkyl or cyclic N) is 2. The summed E-state index contributed by atoms with van der Waals surface area (Å²) < 4.78 is 81.6. The molecule has 0 bridgehead atoms. The lowest BCUT2D eigenvalue weighted by atomic mass is 9.93. The Bertz CT molecular complexity index is 2620. The first-order valence-electron chi connectivity index (χ1n) is 23.9. The molecule has 386 valence electrons. The molecule has 0 spiro atoms. The van der Waals surface area contributed by atoms with E-state index in [0.717, 1.165) is 65.7 Å². The number of primary amides is 2. The van der Waals surface area contributed by atoms with Crippen LogP contribution in [0.5, 0.6) is 0 Å². The second kappa shape index (κ2) is 21.7. The van der Waals surface area contributed by atoms with E-state index in [1.54, 1.807) is 6.33 Å². The van der Waals surface area contributed by atoms with Crippen LogP contribution < -0.4 is 21.3 Å². The fourth-order valence-electron chi connectivity index (χ4n) is 9.59. The van der Waals surface area contributed by atoms with E-state index in [9.17, 15) is 46.1 Å². The van der Waals surface area contributed by atoms with E-state index in [4.69, 9.17) is 11.5 Å². The highest BCUT2D eigenvalue weighted by atomic mass is 19.4. The Balaban J connectivity index is 0.000000193. The first-order chi connectivity index (χ1) is 34.2. The van der Waals surface area contributed by atoms with Gasteiger partial charge in [-0.1, -0.05) is 24.3 Å². The number of benzene rings is 2. The van der Waals surface area contributed by atoms with E-state index in [0.29, 0.717) is 81.6 Å². The number of imidazole rings is 1. The molecule has 1 saturated carbocycles.